The lowest BCUT2D eigenvalue weighted by Gasteiger charge is -2.76. The highest BCUT2D eigenvalue weighted by molar-refractivity contribution is 7.30. The van der Waals surface area contributed by atoms with E-state index >= 15 is 0 Å². The maximum Gasteiger partial charge on any atom is 0.524 e. The van der Waals surface area contributed by atoms with Crippen LogP contribution in [0.25, 0.3) is 0 Å². The summed E-state index contributed by atoms with van der Waals surface area (Å²) in [5.74, 6) is 1.31. The lowest BCUT2D eigenvalue weighted by atomic mass is 10.3. The molecule has 7 saturated heterocycles. The van der Waals surface area contributed by atoms with Crippen molar-refractivity contribution in [2.24, 2.45) is 0 Å². The monoisotopic (exact) mass is 1470 g/mol. The smallest absolute Gasteiger partial charge is 0.494 e. The number of rotatable bonds is 18. The summed E-state index contributed by atoms with van der Waals surface area (Å²) in [6.07, 6.45) is 0.840. The van der Waals surface area contributed by atoms with E-state index in [2.05, 4.69) is 37.4 Å². The van der Waals surface area contributed by atoms with Crippen LogP contribution in [-0.4, -0.2) is 110 Å². The molecular weight excluding hydrogens is 1410 g/mol. The quantitative estimate of drug-likeness (QED) is 0.0511. The average molecular weight is 1480 g/mol. The predicted molar refractivity (Wildman–Crippen MR) is 390 cm³/mol. The van der Waals surface area contributed by atoms with E-state index in [9.17, 15) is 0 Å². The van der Waals surface area contributed by atoms with Gasteiger partial charge in [-0.1, -0.05) is 243 Å². The second-order valence-electron chi connectivity index (χ2n) is 25.6. The lowest BCUT2D eigenvalue weighted by molar-refractivity contribution is -0.179. The van der Waals surface area contributed by atoms with Crippen molar-refractivity contribution in [3.63, 3.8) is 0 Å². The molecular formula is C70H70N2O16Si10. The van der Waals surface area contributed by atoms with Crippen LogP contribution in [0.3, 0.4) is 0 Å². The van der Waals surface area contributed by atoms with E-state index in [1.807, 2.05) is 267 Å². The van der Waals surface area contributed by atoms with E-state index in [1.54, 1.807) is 0 Å². The Morgan fingerprint density at radius 1 is 0.265 bits per heavy atom. The Kier molecular flexibility index (Phi) is 16.0. The molecule has 98 heavy (non-hydrogen) atoms. The molecule has 7 fully saturated rings. The average Bonchev–Trinajstić information content (AvgIpc) is 1.21. The molecule has 10 aromatic rings. The van der Waals surface area contributed by atoms with Gasteiger partial charge >= 0.3 is 86.6 Å². The van der Waals surface area contributed by atoms with Gasteiger partial charge in [-0.05, 0) is 96.9 Å². The summed E-state index contributed by atoms with van der Waals surface area (Å²) in [7, 11) is -48.8. The first-order valence-corrected chi connectivity index (χ1v) is 52.1. The molecule has 10 bridgehead atoms. The highest BCUT2D eigenvalue weighted by Crippen LogP contribution is 2.70. The Hall–Kier alpha value is -6.99. The van der Waals surface area contributed by atoms with E-state index < -0.39 is 96.7 Å². The molecule has 18 nitrogen and oxygen atoms in total. The van der Waals surface area contributed by atoms with Crippen molar-refractivity contribution in [2.45, 2.75) is 48.1 Å². The minimum absolute atomic E-state index is 0.259. The zero-order chi connectivity index (χ0) is 66.4. The van der Waals surface area contributed by atoms with Gasteiger partial charge in [-0.2, -0.15) is 0 Å². The van der Waals surface area contributed by atoms with Crippen molar-refractivity contribution < 1.29 is 68.3 Å². The van der Waals surface area contributed by atoms with Gasteiger partial charge in [-0.3, -0.25) is 0 Å². The van der Waals surface area contributed by atoms with Crippen molar-refractivity contribution in [1.29, 1.82) is 0 Å². The number of fused-ring (bicyclic) bond motifs is 6. The highest BCUT2D eigenvalue weighted by Gasteiger charge is 3.08. The predicted octanol–water partition coefficient (Wildman–Crippen LogP) is 6.89. The SMILES string of the molecule is C[Si]1(CCCOc2ccc(N)cc2)O[Si]2(c3ccccc3)OC34O[Si](c5ccccc5)(O2)O[Si]2(c5ccccc5)O[Si](C)(CCCOc5ccc(N)cc5)O[Si]5(c6ccccc6)OC6(O[Si](c7ccccc7)(O5)O[Si](c5ccccc5)(O1)O[Si]63c1ccccc1)[Si]4(c1ccccc1)O2. The number of benzene rings is 10. The topological polar surface area (TPSA) is 200 Å². The van der Waals surface area contributed by atoms with E-state index in [4.69, 9.17) is 79.8 Å². The van der Waals surface area contributed by atoms with Crippen molar-refractivity contribution in [3.8, 4) is 11.5 Å². The van der Waals surface area contributed by atoms with Crippen LogP contribution in [0.5, 0.6) is 11.5 Å². The minimum Gasteiger partial charge on any atom is -0.494 e. The van der Waals surface area contributed by atoms with Gasteiger partial charge in [0.25, 0.3) is 0 Å². The van der Waals surface area contributed by atoms with Crippen LogP contribution in [-0.2, 0) is 58.9 Å². The molecule has 4 N–H and O–H groups in total. The van der Waals surface area contributed by atoms with Gasteiger partial charge in [0.1, 0.15) is 11.5 Å². The van der Waals surface area contributed by atoms with Crippen LogP contribution in [0.1, 0.15) is 12.8 Å². The summed E-state index contributed by atoms with van der Waals surface area (Å²) in [5, 5.41) is 0.474. The molecule has 2 spiro atoms. The maximum atomic E-state index is 9.13. The van der Waals surface area contributed by atoms with Crippen molar-refractivity contribution in [3.05, 3.63) is 291 Å². The lowest BCUT2D eigenvalue weighted by Crippen LogP contribution is -3.14. The standard InChI is InChI=1S/C70H70N2O16Si10/c1-89(55-27-53-73-59-49-45-57(71)46-50-59)79-93(63-33-15-5-16-34-63)75-69-77-95(85-93,65-37-19-7-20-38-65)88-98(68-43-25-10-26-44-68)82-90(2,56-28-54-74-60-51-47-58(72)48-52-60)80-94(64-35-17-6-18-36-64)76-70(92(69,84-98)62-31-13-4-14-32-62)78-96(86-94,66-39-21-8-22-40-66)87-97(81-89,67-41-23-9-24-42-67)83-91(69,70)61-29-11-3-12-30-61/h3-26,29-52H,27-28,53-56,71-72H2,1-2H3. The van der Waals surface area contributed by atoms with Crippen LogP contribution < -0.4 is 62.4 Å². The molecule has 7 heterocycles. The Balaban J connectivity index is 1.05. The van der Waals surface area contributed by atoms with Crippen LogP contribution >= 0.6 is 0 Å². The molecule has 0 saturated carbocycles. The van der Waals surface area contributed by atoms with Gasteiger partial charge in [0.2, 0.25) is 10.1 Å². The zero-order valence-electron chi connectivity index (χ0n) is 53.6. The van der Waals surface area contributed by atoms with E-state index in [-0.39, 0.29) is 25.3 Å². The first-order valence-electron chi connectivity index (χ1n) is 32.9. The summed E-state index contributed by atoms with van der Waals surface area (Å²) >= 11 is 0. The summed E-state index contributed by atoms with van der Waals surface area (Å²) in [4.78, 5) is 0. The first-order chi connectivity index (χ1) is 47.7. The summed E-state index contributed by atoms with van der Waals surface area (Å²) < 4.78 is 135. The number of nitrogen functional groups attached to an aromatic ring is 2. The molecule has 28 heteroatoms. The van der Waals surface area contributed by atoms with Gasteiger partial charge < -0.3 is 79.8 Å². The molecule has 0 amide bonds. The number of hydrogen-bond donors (Lipinski definition) is 2. The second-order valence-corrected chi connectivity index (χ2v) is 57.8. The number of anilines is 2. The van der Waals surface area contributed by atoms with Gasteiger partial charge in [-0.15, -0.1) is 0 Å². The first kappa shape index (κ1) is 64.4. The highest BCUT2D eigenvalue weighted by atomic mass is 28.6. The van der Waals surface area contributed by atoms with Crippen molar-refractivity contribution in [1.82, 2.24) is 0 Å². The van der Waals surface area contributed by atoms with Crippen molar-refractivity contribution in [2.75, 3.05) is 24.7 Å². The number of nitrogens with two attached hydrogens (primary N) is 2. The minimum atomic E-state index is -5.20. The summed E-state index contributed by atoms with van der Waals surface area (Å²) in [6.45, 7) is 4.63. The second kappa shape index (κ2) is 24.4. The van der Waals surface area contributed by atoms with Gasteiger partial charge in [0.05, 0.1) is 13.2 Å². The third-order valence-electron chi connectivity index (χ3n) is 19.0. The third-order valence-corrected chi connectivity index (χ3v) is 67.1. The molecule has 10 aromatic carbocycles. The molecule has 7 aliphatic rings. The third kappa shape index (κ3) is 10.1. The Morgan fingerprint density at radius 3 is 0.765 bits per heavy atom. The fourth-order valence-electron chi connectivity index (χ4n) is 14.8. The van der Waals surface area contributed by atoms with Gasteiger partial charge in [0.15, 0.2) is 0 Å². The maximum absolute atomic E-state index is 9.13. The Morgan fingerprint density at radius 2 is 0.490 bits per heavy atom. The van der Waals surface area contributed by atoms with Crippen LogP contribution in [0.2, 0.25) is 25.2 Å². The van der Waals surface area contributed by atoms with Gasteiger partial charge in [0, 0.05) is 42.5 Å². The van der Waals surface area contributed by atoms with Crippen LogP contribution in [0, 0.1) is 0 Å². The molecule has 0 aromatic heterocycles. The van der Waals surface area contributed by atoms with E-state index in [0.717, 1.165) is 0 Å². The molecule has 0 radical (unpaired) electrons. The number of ether oxygens (including phenoxy) is 2. The zero-order valence-corrected chi connectivity index (χ0v) is 63.6. The molecule has 8 unspecified atom stereocenters. The fraction of sp³-hybridized carbons (Fsp3) is 0.143. The van der Waals surface area contributed by atoms with E-state index in [0.29, 0.717) is 77.2 Å². The van der Waals surface area contributed by atoms with Crippen LogP contribution in [0.15, 0.2) is 291 Å². The number of hydrogen-bond acceptors (Lipinski definition) is 18. The molecule has 0 aliphatic carbocycles. The molecule has 8 atom stereocenters. The molecule has 496 valence electrons. The summed E-state index contributed by atoms with van der Waals surface area (Å²) in [6, 6.07) is 95.1. The van der Waals surface area contributed by atoms with E-state index in [1.165, 1.54) is 0 Å². The normalized spacial score (nSPS) is 34.1. The van der Waals surface area contributed by atoms with Crippen molar-refractivity contribution >= 4 is 139 Å². The fourth-order valence-corrected chi connectivity index (χ4v) is 79.6. The molecule has 7 aliphatic heterocycles. The molecule has 17 rings (SSSR count). The van der Waals surface area contributed by atoms with Gasteiger partial charge in [-0.25, -0.2) is 0 Å². The summed E-state index contributed by atoms with van der Waals surface area (Å²) in [5.41, 5.74) is 13.6. The largest absolute Gasteiger partial charge is 0.524 e. The Bertz CT molecular complexity index is 4220. The van der Waals surface area contributed by atoms with Crippen LogP contribution in [0.4, 0.5) is 11.4 Å². The Labute approximate surface area is 579 Å².